The van der Waals surface area contributed by atoms with Crippen molar-refractivity contribution in [2.24, 2.45) is 0 Å². The summed E-state index contributed by atoms with van der Waals surface area (Å²) in [5, 5.41) is 11.8. The molecule has 0 spiro atoms. The molecule has 2 N–H and O–H groups in total. The van der Waals surface area contributed by atoms with E-state index >= 15 is 0 Å². The van der Waals surface area contributed by atoms with Crippen molar-refractivity contribution in [3.63, 3.8) is 0 Å². The summed E-state index contributed by atoms with van der Waals surface area (Å²) in [6.45, 7) is 2.32. The number of hydrogen-bond donors (Lipinski definition) is 2. The van der Waals surface area contributed by atoms with Crippen molar-refractivity contribution in [3.8, 4) is 0 Å². The van der Waals surface area contributed by atoms with E-state index in [4.69, 9.17) is 5.11 Å². The number of nitrogens with zero attached hydrogens (tertiary/aromatic N) is 1. The maximum Gasteiger partial charge on any atom is 0.251 e. The van der Waals surface area contributed by atoms with Crippen molar-refractivity contribution in [2.75, 3.05) is 19.7 Å². The Kier molecular flexibility index (Phi) is 6.51. The van der Waals surface area contributed by atoms with Crippen molar-refractivity contribution in [2.45, 2.75) is 13.5 Å². The summed E-state index contributed by atoms with van der Waals surface area (Å²) in [4.78, 5) is 26.0. The summed E-state index contributed by atoms with van der Waals surface area (Å²) in [6, 6.07) is 16.7. The maximum absolute atomic E-state index is 12.3. The highest BCUT2D eigenvalue weighted by Crippen LogP contribution is 2.06. The van der Waals surface area contributed by atoms with Crippen LogP contribution < -0.4 is 5.32 Å². The summed E-state index contributed by atoms with van der Waals surface area (Å²) in [7, 11) is 0. The summed E-state index contributed by atoms with van der Waals surface area (Å²) >= 11 is 0. The van der Waals surface area contributed by atoms with Gasteiger partial charge in [0.15, 0.2) is 0 Å². The Bertz CT molecular complexity index is 686. The Balaban J connectivity index is 1.94. The molecule has 0 radical (unpaired) electrons. The van der Waals surface area contributed by atoms with Crippen LogP contribution in [0.1, 0.15) is 21.5 Å². The number of aliphatic hydroxyl groups is 1. The first-order valence-corrected chi connectivity index (χ1v) is 7.87. The number of aryl methyl sites for hydroxylation is 1. The van der Waals surface area contributed by atoms with Crippen LogP contribution in [0.5, 0.6) is 0 Å². The molecule has 0 unspecified atom stereocenters. The fourth-order valence-corrected chi connectivity index (χ4v) is 2.37. The van der Waals surface area contributed by atoms with Crippen LogP contribution in [0.2, 0.25) is 0 Å². The lowest BCUT2D eigenvalue weighted by molar-refractivity contribution is -0.131. The standard InChI is InChI=1S/C19H22N2O3/c1-15-6-5-9-17(12-15)19(24)20-13-18(23)21(10-11-22)14-16-7-3-2-4-8-16/h2-9,12,22H,10-11,13-14H2,1H3,(H,20,24). The van der Waals surface area contributed by atoms with Crippen LogP contribution >= 0.6 is 0 Å². The lowest BCUT2D eigenvalue weighted by atomic mass is 10.1. The zero-order valence-corrected chi connectivity index (χ0v) is 13.7. The van der Waals surface area contributed by atoms with Gasteiger partial charge in [-0.15, -0.1) is 0 Å². The molecule has 0 saturated heterocycles. The Morgan fingerprint density at radius 2 is 1.83 bits per heavy atom. The third-order valence-electron chi connectivity index (χ3n) is 3.62. The summed E-state index contributed by atoms with van der Waals surface area (Å²) < 4.78 is 0. The van der Waals surface area contributed by atoms with Crippen LogP contribution in [0.3, 0.4) is 0 Å². The highest BCUT2D eigenvalue weighted by Gasteiger charge is 2.15. The fourth-order valence-electron chi connectivity index (χ4n) is 2.37. The molecule has 0 aliphatic heterocycles. The Labute approximate surface area is 141 Å². The van der Waals surface area contributed by atoms with E-state index in [2.05, 4.69) is 5.32 Å². The average molecular weight is 326 g/mol. The first kappa shape index (κ1) is 17.7. The molecule has 0 aliphatic carbocycles. The van der Waals surface area contributed by atoms with E-state index in [1.807, 2.05) is 43.3 Å². The first-order chi connectivity index (χ1) is 11.6. The lowest BCUT2D eigenvalue weighted by Crippen LogP contribution is -2.41. The summed E-state index contributed by atoms with van der Waals surface area (Å²) in [5.41, 5.74) is 2.49. The zero-order chi connectivity index (χ0) is 17.4. The number of carbonyl (C=O) groups excluding carboxylic acids is 2. The van der Waals surface area contributed by atoms with Gasteiger partial charge in [-0.1, -0.05) is 48.0 Å². The van der Waals surface area contributed by atoms with Gasteiger partial charge in [0.25, 0.3) is 5.91 Å². The first-order valence-electron chi connectivity index (χ1n) is 7.87. The molecule has 0 aromatic heterocycles. The number of aliphatic hydroxyl groups excluding tert-OH is 1. The minimum absolute atomic E-state index is 0.0976. The second kappa shape index (κ2) is 8.84. The van der Waals surface area contributed by atoms with Crippen LogP contribution in [0.4, 0.5) is 0 Å². The number of amides is 2. The maximum atomic E-state index is 12.3. The predicted octanol–water partition coefficient (Wildman–Crippen LogP) is 1.75. The quantitative estimate of drug-likeness (QED) is 0.814. The molecule has 0 aliphatic rings. The van der Waals surface area contributed by atoms with E-state index in [9.17, 15) is 9.59 Å². The van der Waals surface area contributed by atoms with Crippen LogP contribution in [0, 0.1) is 6.92 Å². The Morgan fingerprint density at radius 1 is 1.08 bits per heavy atom. The van der Waals surface area contributed by atoms with E-state index in [0.29, 0.717) is 12.1 Å². The Morgan fingerprint density at radius 3 is 2.50 bits per heavy atom. The molecule has 0 bridgehead atoms. The smallest absolute Gasteiger partial charge is 0.251 e. The molecular weight excluding hydrogens is 304 g/mol. The third kappa shape index (κ3) is 5.21. The van der Waals surface area contributed by atoms with Crippen molar-refractivity contribution >= 4 is 11.8 Å². The van der Waals surface area contributed by atoms with Crippen molar-refractivity contribution < 1.29 is 14.7 Å². The molecule has 5 heteroatoms. The zero-order valence-electron chi connectivity index (χ0n) is 13.7. The summed E-state index contributed by atoms with van der Waals surface area (Å²) in [5.74, 6) is -0.510. The van der Waals surface area contributed by atoms with Crippen molar-refractivity contribution in [1.29, 1.82) is 0 Å². The van der Waals surface area contributed by atoms with Crippen molar-refractivity contribution in [3.05, 3.63) is 71.3 Å². The predicted molar refractivity (Wildman–Crippen MR) is 92.5 cm³/mol. The van der Waals surface area contributed by atoms with Crippen LogP contribution in [-0.4, -0.2) is 41.5 Å². The van der Waals surface area contributed by atoms with E-state index in [-0.39, 0.29) is 31.5 Å². The van der Waals surface area contributed by atoms with Crippen molar-refractivity contribution in [1.82, 2.24) is 10.2 Å². The SMILES string of the molecule is Cc1cccc(C(=O)NCC(=O)N(CCO)Cc2ccccc2)c1. The van der Waals surface area contributed by atoms with E-state index in [0.717, 1.165) is 11.1 Å². The monoisotopic (exact) mass is 326 g/mol. The number of hydrogen-bond acceptors (Lipinski definition) is 3. The molecule has 0 atom stereocenters. The van der Waals surface area contributed by atoms with Gasteiger partial charge in [-0.05, 0) is 24.6 Å². The van der Waals surface area contributed by atoms with Gasteiger partial charge in [0.05, 0.1) is 13.2 Å². The number of benzene rings is 2. The molecule has 5 nitrogen and oxygen atoms in total. The fraction of sp³-hybridized carbons (Fsp3) is 0.263. The Hall–Kier alpha value is -2.66. The molecule has 126 valence electrons. The highest BCUT2D eigenvalue weighted by atomic mass is 16.3. The minimum Gasteiger partial charge on any atom is -0.395 e. The van der Waals surface area contributed by atoms with Gasteiger partial charge in [-0.2, -0.15) is 0 Å². The van der Waals surface area contributed by atoms with Crippen LogP contribution in [0.15, 0.2) is 54.6 Å². The second-order valence-corrected chi connectivity index (χ2v) is 5.58. The largest absolute Gasteiger partial charge is 0.395 e. The molecule has 2 amide bonds. The van der Waals surface area contributed by atoms with Gasteiger partial charge in [0.1, 0.15) is 0 Å². The molecular formula is C19H22N2O3. The van der Waals surface area contributed by atoms with Crippen LogP contribution in [0.25, 0.3) is 0 Å². The molecule has 2 rings (SSSR count). The van der Waals surface area contributed by atoms with Gasteiger partial charge in [-0.25, -0.2) is 0 Å². The third-order valence-corrected chi connectivity index (χ3v) is 3.62. The molecule has 0 saturated carbocycles. The topological polar surface area (TPSA) is 69.6 Å². The molecule has 2 aromatic carbocycles. The molecule has 0 heterocycles. The molecule has 2 aromatic rings. The lowest BCUT2D eigenvalue weighted by Gasteiger charge is -2.22. The second-order valence-electron chi connectivity index (χ2n) is 5.58. The van der Waals surface area contributed by atoms with Gasteiger partial charge in [0, 0.05) is 18.7 Å². The normalized spacial score (nSPS) is 10.2. The number of nitrogens with one attached hydrogen (secondary N) is 1. The average Bonchev–Trinajstić information content (AvgIpc) is 2.60. The molecule has 24 heavy (non-hydrogen) atoms. The minimum atomic E-state index is -0.282. The van der Waals surface area contributed by atoms with Gasteiger partial charge < -0.3 is 15.3 Å². The van der Waals surface area contributed by atoms with E-state index in [1.165, 1.54) is 4.90 Å². The van der Waals surface area contributed by atoms with Crippen LogP contribution in [-0.2, 0) is 11.3 Å². The van der Waals surface area contributed by atoms with E-state index < -0.39 is 0 Å². The van der Waals surface area contributed by atoms with E-state index in [1.54, 1.807) is 18.2 Å². The van der Waals surface area contributed by atoms with Gasteiger partial charge in [0.2, 0.25) is 5.91 Å². The highest BCUT2D eigenvalue weighted by molar-refractivity contribution is 5.96. The number of rotatable bonds is 7. The number of carbonyl (C=O) groups is 2. The van der Waals surface area contributed by atoms with Gasteiger partial charge in [-0.3, -0.25) is 9.59 Å². The van der Waals surface area contributed by atoms with Gasteiger partial charge >= 0.3 is 0 Å². The molecule has 0 fully saturated rings. The summed E-state index contributed by atoms with van der Waals surface area (Å²) in [6.07, 6.45) is 0.